The Kier molecular flexibility index (Phi) is 5.37. The van der Waals surface area contributed by atoms with E-state index in [0.717, 1.165) is 4.47 Å². The van der Waals surface area contributed by atoms with Gasteiger partial charge in [-0.3, -0.25) is 4.79 Å². The highest BCUT2D eigenvalue weighted by Gasteiger charge is 2.02. The highest BCUT2D eigenvalue weighted by molar-refractivity contribution is 9.10. The van der Waals surface area contributed by atoms with Crippen LogP contribution in [0.1, 0.15) is 5.56 Å². The van der Waals surface area contributed by atoms with Crippen molar-refractivity contribution in [3.63, 3.8) is 0 Å². The Bertz CT molecular complexity index is 686. The molecule has 0 aliphatic rings. The lowest BCUT2D eigenvalue weighted by Gasteiger charge is -2.04. The first-order valence-corrected chi connectivity index (χ1v) is 7.06. The number of phenolic OH excluding ortho intramolecular Hbond substituents is 2. The van der Waals surface area contributed by atoms with Crippen LogP contribution in [-0.2, 0) is 4.79 Å². The van der Waals surface area contributed by atoms with Gasteiger partial charge in [-0.05, 0) is 48.0 Å². The molecule has 0 atom stereocenters. The normalized spacial score (nSPS) is 10.6. The number of halogens is 1. The standard InChI is InChI=1S/C15H13BrN2O4/c16-11-2-4-12(5-3-11)22-9-15(21)18-17-8-10-1-6-13(19)14(20)7-10/h1-8,19-20H,9H2,(H,18,21)/b17-8-. The monoisotopic (exact) mass is 364 g/mol. The summed E-state index contributed by atoms with van der Waals surface area (Å²) < 4.78 is 6.20. The van der Waals surface area contributed by atoms with Gasteiger partial charge in [0.2, 0.25) is 0 Å². The Morgan fingerprint density at radius 3 is 2.59 bits per heavy atom. The third-order valence-electron chi connectivity index (χ3n) is 2.59. The van der Waals surface area contributed by atoms with Crippen LogP contribution in [0.5, 0.6) is 17.2 Å². The van der Waals surface area contributed by atoms with Crippen molar-refractivity contribution in [2.24, 2.45) is 5.10 Å². The number of nitrogens with one attached hydrogen (secondary N) is 1. The first kappa shape index (κ1) is 15.8. The van der Waals surface area contributed by atoms with Gasteiger partial charge in [0.05, 0.1) is 6.21 Å². The Morgan fingerprint density at radius 1 is 1.18 bits per heavy atom. The molecule has 0 bridgehead atoms. The second-order valence-electron chi connectivity index (χ2n) is 4.28. The largest absolute Gasteiger partial charge is 0.504 e. The van der Waals surface area contributed by atoms with Gasteiger partial charge in [-0.1, -0.05) is 15.9 Å². The topological polar surface area (TPSA) is 91.2 Å². The van der Waals surface area contributed by atoms with Gasteiger partial charge in [0.1, 0.15) is 5.75 Å². The number of carbonyl (C=O) groups is 1. The summed E-state index contributed by atoms with van der Waals surface area (Å²) in [6.07, 6.45) is 1.34. The zero-order valence-corrected chi connectivity index (χ0v) is 12.9. The van der Waals surface area contributed by atoms with Gasteiger partial charge >= 0.3 is 0 Å². The zero-order valence-electron chi connectivity index (χ0n) is 11.4. The van der Waals surface area contributed by atoms with Gasteiger partial charge < -0.3 is 14.9 Å². The molecule has 114 valence electrons. The third-order valence-corrected chi connectivity index (χ3v) is 3.11. The Balaban J connectivity index is 1.80. The summed E-state index contributed by atoms with van der Waals surface area (Å²) in [5, 5.41) is 22.2. The molecule has 22 heavy (non-hydrogen) atoms. The first-order chi connectivity index (χ1) is 10.5. The lowest BCUT2D eigenvalue weighted by atomic mass is 10.2. The van der Waals surface area contributed by atoms with Crippen molar-refractivity contribution in [1.82, 2.24) is 5.43 Å². The molecular weight excluding hydrogens is 352 g/mol. The van der Waals surface area contributed by atoms with E-state index in [0.29, 0.717) is 11.3 Å². The summed E-state index contributed by atoms with van der Waals surface area (Å²) in [5.41, 5.74) is 2.83. The number of benzene rings is 2. The second-order valence-corrected chi connectivity index (χ2v) is 5.20. The van der Waals surface area contributed by atoms with E-state index in [2.05, 4.69) is 26.5 Å². The molecule has 0 spiro atoms. The number of aromatic hydroxyl groups is 2. The van der Waals surface area contributed by atoms with Crippen molar-refractivity contribution in [3.8, 4) is 17.2 Å². The number of hydrogen-bond donors (Lipinski definition) is 3. The van der Waals surface area contributed by atoms with Crippen molar-refractivity contribution >= 4 is 28.1 Å². The van der Waals surface area contributed by atoms with E-state index in [9.17, 15) is 9.90 Å². The molecule has 2 aromatic carbocycles. The zero-order chi connectivity index (χ0) is 15.9. The summed E-state index contributed by atoms with van der Waals surface area (Å²) in [7, 11) is 0. The number of phenols is 2. The van der Waals surface area contributed by atoms with Crippen LogP contribution < -0.4 is 10.2 Å². The van der Waals surface area contributed by atoms with Crippen LogP contribution in [0.2, 0.25) is 0 Å². The maximum Gasteiger partial charge on any atom is 0.277 e. The van der Waals surface area contributed by atoms with Crippen LogP contribution in [0.4, 0.5) is 0 Å². The molecule has 6 nitrogen and oxygen atoms in total. The number of rotatable bonds is 5. The molecule has 1 amide bonds. The first-order valence-electron chi connectivity index (χ1n) is 6.27. The van der Waals surface area contributed by atoms with Crippen LogP contribution in [0.3, 0.4) is 0 Å². The lowest BCUT2D eigenvalue weighted by molar-refractivity contribution is -0.123. The number of ether oxygens (including phenoxy) is 1. The molecule has 2 rings (SSSR count). The van der Waals surface area contributed by atoms with Crippen molar-refractivity contribution in [2.45, 2.75) is 0 Å². The minimum Gasteiger partial charge on any atom is -0.504 e. The van der Waals surface area contributed by atoms with Crippen LogP contribution in [0, 0.1) is 0 Å². The van der Waals surface area contributed by atoms with Crippen molar-refractivity contribution in [2.75, 3.05) is 6.61 Å². The number of nitrogens with zero attached hydrogens (tertiary/aromatic N) is 1. The maximum atomic E-state index is 11.5. The van der Waals surface area contributed by atoms with Gasteiger partial charge in [0.25, 0.3) is 5.91 Å². The van der Waals surface area contributed by atoms with Crippen molar-refractivity contribution in [3.05, 3.63) is 52.5 Å². The molecule has 0 aromatic heterocycles. The third kappa shape index (κ3) is 4.78. The highest BCUT2D eigenvalue weighted by atomic mass is 79.9. The maximum absolute atomic E-state index is 11.5. The lowest BCUT2D eigenvalue weighted by Crippen LogP contribution is -2.24. The summed E-state index contributed by atoms with van der Waals surface area (Å²) >= 11 is 3.30. The molecule has 2 aromatic rings. The molecular formula is C15H13BrN2O4. The molecule has 7 heteroatoms. The fourth-order valence-corrected chi connectivity index (χ4v) is 1.78. The molecule has 0 unspecified atom stereocenters. The Morgan fingerprint density at radius 2 is 1.91 bits per heavy atom. The summed E-state index contributed by atoms with van der Waals surface area (Å²) in [6.45, 7) is -0.167. The average molecular weight is 365 g/mol. The van der Waals surface area contributed by atoms with Gasteiger partial charge in [0, 0.05) is 4.47 Å². The molecule has 0 heterocycles. The van der Waals surface area contributed by atoms with E-state index < -0.39 is 5.91 Å². The molecule has 0 saturated carbocycles. The van der Waals surface area contributed by atoms with E-state index in [1.54, 1.807) is 18.2 Å². The molecule has 0 aliphatic heterocycles. The molecule has 0 saturated heterocycles. The van der Waals surface area contributed by atoms with Crippen molar-refractivity contribution < 1.29 is 19.7 Å². The van der Waals surface area contributed by atoms with Gasteiger partial charge in [0.15, 0.2) is 18.1 Å². The number of hydrazone groups is 1. The molecule has 0 fully saturated rings. The predicted molar refractivity (Wildman–Crippen MR) is 85.1 cm³/mol. The van der Waals surface area contributed by atoms with Crippen LogP contribution in [0.15, 0.2) is 52.0 Å². The SMILES string of the molecule is O=C(COc1ccc(Br)cc1)N/N=C\c1ccc(O)c(O)c1. The van der Waals surface area contributed by atoms with Gasteiger partial charge in [-0.2, -0.15) is 5.10 Å². The van der Waals surface area contributed by atoms with Crippen LogP contribution >= 0.6 is 15.9 Å². The molecule has 0 radical (unpaired) electrons. The average Bonchev–Trinajstić information content (AvgIpc) is 2.50. The highest BCUT2D eigenvalue weighted by Crippen LogP contribution is 2.23. The minimum absolute atomic E-state index is 0.167. The van der Waals surface area contributed by atoms with E-state index in [1.165, 1.54) is 18.3 Å². The summed E-state index contributed by atoms with van der Waals surface area (Å²) in [6, 6.07) is 11.3. The Hall–Kier alpha value is -2.54. The number of hydrogen-bond acceptors (Lipinski definition) is 5. The second kappa shape index (κ2) is 7.46. The fraction of sp³-hybridized carbons (Fsp3) is 0.0667. The minimum atomic E-state index is -0.415. The fourth-order valence-electron chi connectivity index (χ4n) is 1.51. The quantitative estimate of drug-likeness (QED) is 0.431. The smallest absolute Gasteiger partial charge is 0.277 e. The summed E-state index contributed by atoms with van der Waals surface area (Å²) in [5.74, 6) is -0.314. The van der Waals surface area contributed by atoms with Crippen molar-refractivity contribution in [1.29, 1.82) is 0 Å². The molecule has 0 aliphatic carbocycles. The number of carbonyl (C=O) groups excluding carboxylic acids is 1. The number of amides is 1. The Labute approximate surface area is 135 Å². The van der Waals surface area contributed by atoms with E-state index in [1.807, 2.05) is 12.1 Å². The van der Waals surface area contributed by atoms with Gasteiger partial charge in [-0.15, -0.1) is 0 Å². The van der Waals surface area contributed by atoms with E-state index in [-0.39, 0.29) is 18.1 Å². The van der Waals surface area contributed by atoms with E-state index in [4.69, 9.17) is 9.84 Å². The predicted octanol–water partition coefficient (Wildman–Crippen LogP) is 2.39. The van der Waals surface area contributed by atoms with Crippen LogP contribution in [0.25, 0.3) is 0 Å². The van der Waals surface area contributed by atoms with E-state index >= 15 is 0 Å². The summed E-state index contributed by atoms with van der Waals surface area (Å²) in [4.78, 5) is 11.5. The van der Waals surface area contributed by atoms with Crippen LogP contribution in [-0.4, -0.2) is 28.9 Å². The molecule has 3 N–H and O–H groups in total. The van der Waals surface area contributed by atoms with Gasteiger partial charge in [-0.25, -0.2) is 5.43 Å².